The predicted molar refractivity (Wildman–Crippen MR) is 107 cm³/mol. The van der Waals surface area contributed by atoms with Gasteiger partial charge in [0.25, 0.3) is 0 Å². The highest BCUT2D eigenvalue weighted by molar-refractivity contribution is 5.85. The van der Waals surface area contributed by atoms with Crippen LogP contribution in [0.3, 0.4) is 0 Å². The molecule has 2 atom stereocenters. The van der Waals surface area contributed by atoms with Crippen LogP contribution in [0.1, 0.15) is 50.5 Å². The number of hydrogen-bond donors (Lipinski definition) is 2. The van der Waals surface area contributed by atoms with Gasteiger partial charge in [0.05, 0.1) is 0 Å². The number of aromatic nitrogens is 1. The highest BCUT2D eigenvalue weighted by atomic mass is 35.5. The highest BCUT2D eigenvalue weighted by Crippen LogP contribution is 2.26. The van der Waals surface area contributed by atoms with Crippen LogP contribution in [0.4, 0.5) is 5.82 Å². The molecular weight excluding hydrogens is 359 g/mol. The summed E-state index contributed by atoms with van der Waals surface area (Å²) in [4.78, 5) is 18.9. The second-order valence-corrected chi connectivity index (χ2v) is 6.91. The summed E-state index contributed by atoms with van der Waals surface area (Å²) in [6.07, 6.45) is 9.50. The van der Waals surface area contributed by atoms with Gasteiger partial charge in [0, 0.05) is 38.3 Å². The predicted octanol–water partition coefficient (Wildman–Crippen LogP) is 3.05. The maximum absolute atomic E-state index is 12.1. The van der Waals surface area contributed by atoms with Gasteiger partial charge in [-0.05, 0) is 55.7 Å². The van der Waals surface area contributed by atoms with Crippen LogP contribution in [0.5, 0.6) is 0 Å². The van der Waals surface area contributed by atoms with Gasteiger partial charge in [-0.1, -0.05) is 6.42 Å². The first kappa shape index (κ1) is 22.0. The number of carbonyl (C=O) groups excluding carboxylic acids is 1. The van der Waals surface area contributed by atoms with Crippen molar-refractivity contribution in [2.24, 2.45) is 11.7 Å². The molecule has 1 aliphatic heterocycles. The molecular formula is C18H30Cl2N4O. The van der Waals surface area contributed by atoms with Crippen LogP contribution < -0.4 is 16.0 Å². The molecule has 142 valence electrons. The number of halogens is 2. The molecule has 2 fully saturated rings. The number of nitrogens with one attached hydrogen (secondary N) is 1. The SMILES string of the molecule is Cl.Cl.N[C@@H]1CCC[C@H]1CC(=O)NCc1ccnc(N2CCCCC2)c1. The average Bonchev–Trinajstić information content (AvgIpc) is 2.99. The Hall–Kier alpha value is -1.04. The minimum Gasteiger partial charge on any atom is -0.357 e. The molecule has 25 heavy (non-hydrogen) atoms. The number of nitrogens with two attached hydrogens (primary N) is 1. The Morgan fingerprint density at radius 2 is 1.96 bits per heavy atom. The minimum atomic E-state index is 0. The molecule has 1 saturated carbocycles. The fraction of sp³-hybridized carbons (Fsp3) is 0.667. The van der Waals surface area contributed by atoms with E-state index in [2.05, 4.69) is 21.3 Å². The van der Waals surface area contributed by atoms with Gasteiger partial charge in [-0.15, -0.1) is 24.8 Å². The fourth-order valence-corrected chi connectivity index (χ4v) is 3.70. The standard InChI is InChI=1S/C18H28N4O.2ClH/c19-16-6-4-5-15(16)12-18(23)21-13-14-7-8-20-17(11-14)22-9-2-1-3-10-22;;/h7-8,11,15-16H,1-6,9-10,12-13,19H2,(H,21,23);2*1H/t15-,16+;;/m0../s1. The lowest BCUT2D eigenvalue weighted by Crippen LogP contribution is -2.32. The van der Waals surface area contributed by atoms with Crippen molar-refractivity contribution in [1.82, 2.24) is 10.3 Å². The van der Waals surface area contributed by atoms with E-state index in [0.29, 0.717) is 18.9 Å². The van der Waals surface area contributed by atoms with Crippen molar-refractivity contribution in [3.8, 4) is 0 Å². The third kappa shape index (κ3) is 6.32. The summed E-state index contributed by atoms with van der Waals surface area (Å²) in [5, 5.41) is 3.04. The second-order valence-electron chi connectivity index (χ2n) is 6.91. The molecule has 2 heterocycles. The molecule has 3 rings (SSSR count). The van der Waals surface area contributed by atoms with E-state index in [4.69, 9.17) is 5.73 Å². The Labute approximate surface area is 163 Å². The van der Waals surface area contributed by atoms with Gasteiger partial charge in [-0.2, -0.15) is 0 Å². The normalized spacial score (nSPS) is 22.7. The summed E-state index contributed by atoms with van der Waals surface area (Å²) in [5.74, 6) is 1.51. The van der Waals surface area contributed by atoms with Crippen molar-refractivity contribution in [3.63, 3.8) is 0 Å². The molecule has 5 nitrogen and oxygen atoms in total. The summed E-state index contributed by atoms with van der Waals surface area (Å²) in [5.41, 5.74) is 7.16. The molecule has 0 aromatic carbocycles. The molecule has 1 saturated heterocycles. The molecule has 7 heteroatoms. The number of piperidine rings is 1. The molecule has 1 aromatic rings. The lowest BCUT2D eigenvalue weighted by molar-refractivity contribution is -0.122. The zero-order chi connectivity index (χ0) is 16.1. The topological polar surface area (TPSA) is 71.2 Å². The van der Waals surface area contributed by atoms with Crippen LogP contribution in [-0.4, -0.2) is 30.0 Å². The van der Waals surface area contributed by atoms with Crippen molar-refractivity contribution < 1.29 is 4.79 Å². The zero-order valence-corrected chi connectivity index (χ0v) is 16.3. The van der Waals surface area contributed by atoms with Crippen LogP contribution in [-0.2, 0) is 11.3 Å². The third-order valence-electron chi connectivity index (χ3n) is 5.15. The van der Waals surface area contributed by atoms with Gasteiger partial charge in [0.1, 0.15) is 5.82 Å². The highest BCUT2D eigenvalue weighted by Gasteiger charge is 2.25. The van der Waals surface area contributed by atoms with E-state index in [1.54, 1.807) is 0 Å². The number of nitrogens with zero attached hydrogens (tertiary/aromatic N) is 2. The molecule has 0 bridgehead atoms. The van der Waals surface area contributed by atoms with E-state index < -0.39 is 0 Å². The number of amides is 1. The van der Waals surface area contributed by atoms with Gasteiger partial charge < -0.3 is 16.0 Å². The van der Waals surface area contributed by atoms with E-state index in [9.17, 15) is 4.79 Å². The van der Waals surface area contributed by atoms with E-state index in [0.717, 1.165) is 43.7 Å². The van der Waals surface area contributed by atoms with Crippen LogP contribution in [0.2, 0.25) is 0 Å². The van der Waals surface area contributed by atoms with Crippen molar-refractivity contribution in [3.05, 3.63) is 23.9 Å². The van der Waals surface area contributed by atoms with Crippen LogP contribution in [0.15, 0.2) is 18.3 Å². The molecule has 0 radical (unpaired) electrons. The Kier molecular flexibility index (Phi) is 9.54. The van der Waals surface area contributed by atoms with Crippen LogP contribution in [0.25, 0.3) is 0 Å². The molecule has 2 aliphatic rings. The Morgan fingerprint density at radius 3 is 2.64 bits per heavy atom. The lowest BCUT2D eigenvalue weighted by Gasteiger charge is -2.28. The largest absolute Gasteiger partial charge is 0.357 e. The van der Waals surface area contributed by atoms with Gasteiger partial charge in [-0.3, -0.25) is 4.79 Å². The van der Waals surface area contributed by atoms with E-state index in [1.807, 2.05) is 12.3 Å². The number of anilines is 1. The number of hydrogen-bond acceptors (Lipinski definition) is 4. The lowest BCUT2D eigenvalue weighted by atomic mass is 10.00. The van der Waals surface area contributed by atoms with Gasteiger partial charge in [-0.25, -0.2) is 4.98 Å². The van der Waals surface area contributed by atoms with E-state index >= 15 is 0 Å². The van der Waals surface area contributed by atoms with Crippen molar-refractivity contribution in [2.45, 2.75) is 57.5 Å². The number of carbonyl (C=O) groups is 1. The average molecular weight is 389 g/mol. The zero-order valence-electron chi connectivity index (χ0n) is 14.7. The Bertz CT molecular complexity index is 538. The molecule has 1 aromatic heterocycles. The maximum atomic E-state index is 12.1. The summed E-state index contributed by atoms with van der Waals surface area (Å²) in [6, 6.07) is 4.29. The molecule has 1 aliphatic carbocycles. The third-order valence-corrected chi connectivity index (χ3v) is 5.15. The van der Waals surface area contributed by atoms with Crippen molar-refractivity contribution in [2.75, 3.05) is 18.0 Å². The summed E-state index contributed by atoms with van der Waals surface area (Å²) < 4.78 is 0. The smallest absolute Gasteiger partial charge is 0.220 e. The first-order valence-electron chi connectivity index (χ1n) is 8.94. The monoisotopic (exact) mass is 388 g/mol. The number of pyridine rings is 1. The molecule has 0 spiro atoms. The second kappa shape index (κ2) is 10.8. The Morgan fingerprint density at radius 1 is 1.20 bits per heavy atom. The molecule has 0 unspecified atom stereocenters. The van der Waals surface area contributed by atoms with Gasteiger partial charge in [0.2, 0.25) is 5.91 Å². The van der Waals surface area contributed by atoms with Crippen LogP contribution in [0, 0.1) is 5.92 Å². The van der Waals surface area contributed by atoms with Crippen LogP contribution >= 0.6 is 24.8 Å². The first-order valence-corrected chi connectivity index (χ1v) is 8.94. The number of rotatable bonds is 5. The van der Waals surface area contributed by atoms with Gasteiger partial charge >= 0.3 is 0 Å². The maximum Gasteiger partial charge on any atom is 0.220 e. The summed E-state index contributed by atoms with van der Waals surface area (Å²) in [6.45, 7) is 2.74. The summed E-state index contributed by atoms with van der Waals surface area (Å²) >= 11 is 0. The quantitative estimate of drug-likeness (QED) is 0.812. The van der Waals surface area contributed by atoms with E-state index in [-0.39, 0.29) is 36.8 Å². The van der Waals surface area contributed by atoms with Crippen molar-refractivity contribution >= 4 is 36.5 Å². The van der Waals surface area contributed by atoms with Gasteiger partial charge in [0.15, 0.2) is 0 Å². The van der Waals surface area contributed by atoms with Crippen molar-refractivity contribution in [1.29, 1.82) is 0 Å². The molecule has 3 N–H and O–H groups in total. The Balaban J connectivity index is 0.00000156. The first-order chi connectivity index (χ1) is 11.2. The minimum absolute atomic E-state index is 0. The van der Waals surface area contributed by atoms with E-state index in [1.165, 1.54) is 19.3 Å². The molecule has 1 amide bonds. The summed E-state index contributed by atoms with van der Waals surface area (Å²) in [7, 11) is 0. The fourth-order valence-electron chi connectivity index (χ4n) is 3.70.